The molecular formula is C23H20N2O3S. The van der Waals surface area contributed by atoms with E-state index in [9.17, 15) is 9.59 Å². The average molecular weight is 404 g/mol. The molecule has 0 spiro atoms. The highest BCUT2D eigenvalue weighted by Crippen LogP contribution is 2.36. The summed E-state index contributed by atoms with van der Waals surface area (Å²) >= 11 is 1.43. The van der Waals surface area contributed by atoms with Gasteiger partial charge in [0.1, 0.15) is 11.4 Å². The number of imide groups is 1. The largest absolute Gasteiger partial charge is 0.494 e. The lowest BCUT2D eigenvalue weighted by Gasteiger charge is -2.16. The first-order valence-electron chi connectivity index (χ1n) is 9.32. The van der Waals surface area contributed by atoms with Crippen LogP contribution in [0.1, 0.15) is 17.4 Å². The number of rotatable bonds is 6. The molecule has 2 amide bonds. The summed E-state index contributed by atoms with van der Waals surface area (Å²) in [6.45, 7) is 4.44. The predicted octanol–water partition coefficient (Wildman–Crippen LogP) is 4.85. The van der Waals surface area contributed by atoms with Crippen LogP contribution in [0.15, 0.2) is 71.7 Å². The summed E-state index contributed by atoms with van der Waals surface area (Å²) in [5.74, 6) is -0.0132. The molecule has 0 saturated carbocycles. The molecule has 4 rings (SSSR count). The smallest absolute Gasteiger partial charge is 0.282 e. The van der Waals surface area contributed by atoms with Crippen molar-refractivity contribution in [3.8, 4) is 5.75 Å². The van der Waals surface area contributed by atoms with E-state index in [4.69, 9.17) is 4.74 Å². The molecule has 0 unspecified atom stereocenters. The lowest BCUT2D eigenvalue weighted by atomic mass is 10.1. The number of hydrogen-bond donors (Lipinski definition) is 1. The molecule has 0 saturated heterocycles. The molecule has 0 atom stereocenters. The van der Waals surface area contributed by atoms with E-state index in [1.807, 2.05) is 55.6 Å². The third-order valence-corrected chi connectivity index (χ3v) is 5.43. The van der Waals surface area contributed by atoms with Crippen LogP contribution in [0, 0.1) is 6.92 Å². The molecule has 0 aliphatic carbocycles. The molecule has 1 aliphatic heterocycles. The highest BCUT2D eigenvalue weighted by atomic mass is 32.1. The molecule has 29 heavy (non-hydrogen) atoms. The molecule has 0 fully saturated rings. The predicted molar refractivity (Wildman–Crippen MR) is 116 cm³/mol. The van der Waals surface area contributed by atoms with Crippen LogP contribution >= 0.6 is 11.3 Å². The topological polar surface area (TPSA) is 58.6 Å². The summed E-state index contributed by atoms with van der Waals surface area (Å²) in [7, 11) is 0. The van der Waals surface area contributed by atoms with Gasteiger partial charge in [-0.1, -0.05) is 18.2 Å². The third kappa shape index (κ3) is 3.67. The summed E-state index contributed by atoms with van der Waals surface area (Å²) in [6.07, 6.45) is 0. The van der Waals surface area contributed by atoms with Gasteiger partial charge in [-0.25, -0.2) is 4.90 Å². The minimum atomic E-state index is -0.371. The van der Waals surface area contributed by atoms with Crippen molar-refractivity contribution in [3.63, 3.8) is 0 Å². The maximum absolute atomic E-state index is 13.3. The summed E-state index contributed by atoms with van der Waals surface area (Å²) < 4.78 is 5.46. The quantitative estimate of drug-likeness (QED) is 0.597. The molecule has 2 aromatic carbocycles. The molecule has 3 aromatic rings. The first-order chi connectivity index (χ1) is 14.1. The van der Waals surface area contributed by atoms with Gasteiger partial charge >= 0.3 is 0 Å². The monoisotopic (exact) mass is 404 g/mol. The Morgan fingerprint density at radius 2 is 1.79 bits per heavy atom. The van der Waals surface area contributed by atoms with Gasteiger partial charge in [0.25, 0.3) is 11.8 Å². The zero-order valence-electron chi connectivity index (χ0n) is 16.1. The molecule has 0 radical (unpaired) electrons. The highest BCUT2D eigenvalue weighted by Gasteiger charge is 2.40. The van der Waals surface area contributed by atoms with Crippen LogP contribution < -0.4 is 15.0 Å². The van der Waals surface area contributed by atoms with E-state index in [1.165, 1.54) is 16.2 Å². The standard InChI is InChI=1S/C23H20N2O3S/c1-3-28-18-11-9-17(10-12-18)25-22(26)20(19-8-5-13-29-19)21(23(25)27)24-16-7-4-6-15(2)14-16/h4-14,24H,3H2,1-2H3. The zero-order chi connectivity index (χ0) is 20.4. The number of nitrogens with zero attached hydrogens (tertiary/aromatic N) is 1. The lowest BCUT2D eigenvalue weighted by Crippen LogP contribution is -2.32. The molecule has 1 N–H and O–H groups in total. The van der Waals surface area contributed by atoms with Gasteiger partial charge < -0.3 is 10.1 Å². The highest BCUT2D eigenvalue weighted by molar-refractivity contribution is 7.11. The van der Waals surface area contributed by atoms with Gasteiger partial charge in [0.15, 0.2) is 0 Å². The third-order valence-electron chi connectivity index (χ3n) is 4.54. The van der Waals surface area contributed by atoms with Crippen LogP contribution in [0.25, 0.3) is 5.57 Å². The summed E-state index contributed by atoms with van der Waals surface area (Å²) in [6, 6.07) is 18.4. The second-order valence-electron chi connectivity index (χ2n) is 6.59. The van der Waals surface area contributed by atoms with Crippen molar-refractivity contribution in [2.75, 3.05) is 16.8 Å². The number of nitrogens with one attached hydrogen (secondary N) is 1. The fourth-order valence-corrected chi connectivity index (χ4v) is 4.02. The van der Waals surface area contributed by atoms with Crippen molar-refractivity contribution < 1.29 is 14.3 Å². The van der Waals surface area contributed by atoms with Crippen molar-refractivity contribution in [3.05, 3.63) is 82.2 Å². The van der Waals surface area contributed by atoms with Crippen LogP contribution in [0.5, 0.6) is 5.75 Å². The number of amides is 2. The van der Waals surface area contributed by atoms with Gasteiger partial charge in [-0.2, -0.15) is 0 Å². The van der Waals surface area contributed by atoms with Crippen LogP contribution in [-0.2, 0) is 9.59 Å². The molecule has 5 nitrogen and oxygen atoms in total. The van der Waals surface area contributed by atoms with E-state index in [-0.39, 0.29) is 17.5 Å². The Morgan fingerprint density at radius 3 is 2.45 bits per heavy atom. The summed E-state index contributed by atoms with van der Waals surface area (Å²) in [4.78, 5) is 28.5. The summed E-state index contributed by atoms with van der Waals surface area (Å²) in [5.41, 5.74) is 3.02. The number of anilines is 2. The Morgan fingerprint density at radius 1 is 1.00 bits per heavy atom. The van der Waals surface area contributed by atoms with Crippen molar-refractivity contribution in [2.45, 2.75) is 13.8 Å². The van der Waals surface area contributed by atoms with Crippen LogP contribution in [-0.4, -0.2) is 18.4 Å². The number of benzene rings is 2. The van der Waals surface area contributed by atoms with E-state index in [2.05, 4.69) is 5.32 Å². The van der Waals surface area contributed by atoms with Crippen molar-refractivity contribution in [2.24, 2.45) is 0 Å². The minimum Gasteiger partial charge on any atom is -0.494 e. The molecule has 146 valence electrons. The first-order valence-corrected chi connectivity index (χ1v) is 10.2. The van der Waals surface area contributed by atoms with Crippen LogP contribution in [0.4, 0.5) is 11.4 Å². The van der Waals surface area contributed by atoms with Crippen LogP contribution in [0.2, 0.25) is 0 Å². The molecule has 0 bridgehead atoms. The van der Waals surface area contributed by atoms with E-state index in [0.29, 0.717) is 23.6 Å². The van der Waals surface area contributed by atoms with Crippen molar-refractivity contribution in [1.82, 2.24) is 0 Å². The maximum Gasteiger partial charge on any atom is 0.282 e. The van der Waals surface area contributed by atoms with Crippen molar-refractivity contribution in [1.29, 1.82) is 0 Å². The number of thiophene rings is 1. The molecule has 1 aliphatic rings. The number of carbonyl (C=O) groups is 2. The Balaban J connectivity index is 1.73. The Hall–Kier alpha value is -3.38. The molecular weight excluding hydrogens is 384 g/mol. The van der Waals surface area contributed by atoms with Gasteiger partial charge in [0.05, 0.1) is 17.9 Å². The lowest BCUT2D eigenvalue weighted by molar-refractivity contribution is -0.120. The van der Waals surface area contributed by atoms with Gasteiger partial charge in [0.2, 0.25) is 0 Å². The number of hydrogen-bond acceptors (Lipinski definition) is 5. The maximum atomic E-state index is 13.3. The average Bonchev–Trinajstić information content (AvgIpc) is 3.30. The number of carbonyl (C=O) groups excluding carboxylic acids is 2. The minimum absolute atomic E-state index is 0.289. The molecule has 2 heterocycles. The summed E-state index contributed by atoms with van der Waals surface area (Å²) in [5, 5.41) is 5.07. The molecule has 6 heteroatoms. The van der Waals surface area contributed by atoms with Crippen molar-refractivity contribution >= 4 is 40.1 Å². The van der Waals surface area contributed by atoms with Gasteiger partial charge in [-0.15, -0.1) is 11.3 Å². The SMILES string of the molecule is CCOc1ccc(N2C(=O)C(Nc3cccc(C)c3)=C(c3cccs3)C2=O)cc1. The first kappa shape index (κ1) is 19.0. The number of ether oxygens (including phenoxy) is 1. The van der Waals surface area contributed by atoms with Gasteiger partial charge in [-0.05, 0) is 67.3 Å². The Bertz CT molecular complexity index is 1090. The second-order valence-corrected chi connectivity index (χ2v) is 7.54. The number of aryl methyl sites for hydroxylation is 1. The Kier molecular flexibility index (Phi) is 5.18. The molecule has 1 aromatic heterocycles. The Labute approximate surface area is 173 Å². The zero-order valence-corrected chi connectivity index (χ0v) is 17.0. The van der Waals surface area contributed by atoms with E-state index in [0.717, 1.165) is 16.1 Å². The van der Waals surface area contributed by atoms with Crippen LogP contribution in [0.3, 0.4) is 0 Å². The second kappa shape index (κ2) is 7.93. The fourth-order valence-electron chi connectivity index (χ4n) is 3.25. The van der Waals surface area contributed by atoms with E-state index < -0.39 is 0 Å². The van der Waals surface area contributed by atoms with Gasteiger partial charge in [0, 0.05) is 10.6 Å². The van der Waals surface area contributed by atoms with E-state index in [1.54, 1.807) is 24.3 Å². The van der Waals surface area contributed by atoms with Gasteiger partial charge in [-0.3, -0.25) is 9.59 Å². The van der Waals surface area contributed by atoms with E-state index >= 15 is 0 Å². The fraction of sp³-hybridized carbons (Fsp3) is 0.130. The normalized spacial score (nSPS) is 13.9.